The Kier molecular flexibility index (Phi) is 5.25. The van der Waals surface area contributed by atoms with Crippen molar-refractivity contribution < 1.29 is 0 Å². The van der Waals surface area contributed by atoms with Crippen molar-refractivity contribution in [3.63, 3.8) is 0 Å². The van der Waals surface area contributed by atoms with Crippen molar-refractivity contribution in [1.82, 2.24) is 9.97 Å². The summed E-state index contributed by atoms with van der Waals surface area (Å²) in [6.07, 6.45) is 1.94. The summed E-state index contributed by atoms with van der Waals surface area (Å²) >= 11 is 1.80. The number of aromatic nitrogens is 2. The number of aryl methyl sites for hydroxylation is 1. The maximum Gasteiger partial charge on any atom is 0.132 e. The van der Waals surface area contributed by atoms with Gasteiger partial charge in [-0.2, -0.15) is 0 Å². The minimum atomic E-state index is 0.539. The molecule has 3 nitrogen and oxygen atoms in total. The number of nitrogens with zero attached hydrogens (tertiary/aromatic N) is 2. The molecule has 1 atom stereocenters. The van der Waals surface area contributed by atoms with Gasteiger partial charge < -0.3 is 5.73 Å². The molecule has 1 rings (SSSR count). The van der Waals surface area contributed by atoms with E-state index >= 15 is 0 Å². The number of hydrogen-bond acceptors (Lipinski definition) is 4. The zero-order valence-corrected chi connectivity index (χ0v) is 12.3. The van der Waals surface area contributed by atoms with Crippen molar-refractivity contribution in [2.24, 2.45) is 5.92 Å². The monoisotopic (exact) mass is 253 g/mol. The zero-order chi connectivity index (χ0) is 13.0. The third kappa shape index (κ3) is 3.87. The van der Waals surface area contributed by atoms with Gasteiger partial charge in [-0.25, -0.2) is 9.97 Å². The summed E-state index contributed by atoms with van der Waals surface area (Å²) in [4.78, 5) is 8.95. The average molecular weight is 253 g/mol. The summed E-state index contributed by atoms with van der Waals surface area (Å²) in [6, 6.07) is 0. The van der Waals surface area contributed by atoms with Gasteiger partial charge in [0.1, 0.15) is 16.7 Å². The molecule has 0 aliphatic heterocycles. The standard InChI is InChI=1S/C13H23N3S/c1-6-7-11-15-12(14)9(4)13(16-11)17-10(5)8(2)3/h8,10H,6-7H2,1-5H3,(H2,14,15,16). The van der Waals surface area contributed by atoms with Gasteiger partial charge in [0.2, 0.25) is 0 Å². The second kappa shape index (κ2) is 6.24. The van der Waals surface area contributed by atoms with Crippen LogP contribution < -0.4 is 5.73 Å². The molecule has 0 saturated carbocycles. The highest BCUT2D eigenvalue weighted by atomic mass is 32.2. The van der Waals surface area contributed by atoms with Gasteiger partial charge in [0, 0.05) is 17.2 Å². The second-order valence-electron chi connectivity index (χ2n) is 4.77. The topological polar surface area (TPSA) is 51.8 Å². The van der Waals surface area contributed by atoms with Gasteiger partial charge in [-0.1, -0.05) is 27.7 Å². The molecular weight excluding hydrogens is 230 g/mol. The fraction of sp³-hybridized carbons (Fsp3) is 0.692. The fourth-order valence-electron chi connectivity index (χ4n) is 1.32. The number of nitrogens with two attached hydrogens (primary N) is 1. The first-order chi connectivity index (χ1) is 7.95. The molecule has 1 aromatic rings. The van der Waals surface area contributed by atoms with Gasteiger partial charge in [-0.3, -0.25) is 0 Å². The average Bonchev–Trinajstić information content (AvgIpc) is 2.25. The van der Waals surface area contributed by atoms with Gasteiger partial charge in [0.05, 0.1) is 0 Å². The lowest BCUT2D eigenvalue weighted by atomic mass is 10.2. The Hall–Kier alpha value is -0.770. The van der Waals surface area contributed by atoms with Crippen LogP contribution in [0, 0.1) is 12.8 Å². The van der Waals surface area contributed by atoms with Crippen LogP contribution in [0.2, 0.25) is 0 Å². The van der Waals surface area contributed by atoms with E-state index in [-0.39, 0.29) is 0 Å². The minimum Gasteiger partial charge on any atom is -0.383 e. The number of anilines is 1. The summed E-state index contributed by atoms with van der Waals surface area (Å²) < 4.78 is 0. The van der Waals surface area contributed by atoms with E-state index in [0.717, 1.165) is 29.3 Å². The zero-order valence-electron chi connectivity index (χ0n) is 11.4. The van der Waals surface area contributed by atoms with Crippen LogP contribution in [0.5, 0.6) is 0 Å². The Labute approximate surface area is 109 Å². The van der Waals surface area contributed by atoms with Crippen molar-refractivity contribution in [2.75, 3.05) is 5.73 Å². The first-order valence-electron chi connectivity index (χ1n) is 6.25. The van der Waals surface area contributed by atoms with Gasteiger partial charge in [0.15, 0.2) is 0 Å². The first-order valence-corrected chi connectivity index (χ1v) is 7.13. The highest BCUT2D eigenvalue weighted by Gasteiger charge is 2.14. The van der Waals surface area contributed by atoms with Crippen molar-refractivity contribution >= 4 is 17.6 Å². The molecule has 0 amide bonds. The highest BCUT2D eigenvalue weighted by molar-refractivity contribution is 7.99. The van der Waals surface area contributed by atoms with Crippen molar-refractivity contribution in [1.29, 1.82) is 0 Å². The van der Waals surface area contributed by atoms with E-state index in [4.69, 9.17) is 5.73 Å². The van der Waals surface area contributed by atoms with Crippen molar-refractivity contribution in [2.45, 2.75) is 57.7 Å². The molecule has 1 aromatic heterocycles. The lowest BCUT2D eigenvalue weighted by Gasteiger charge is -2.16. The van der Waals surface area contributed by atoms with Gasteiger partial charge in [0.25, 0.3) is 0 Å². The SMILES string of the molecule is CCCc1nc(N)c(C)c(SC(C)C(C)C)n1. The summed E-state index contributed by atoms with van der Waals surface area (Å²) in [5, 5.41) is 1.58. The number of hydrogen-bond donors (Lipinski definition) is 1. The van der Waals surface area contributed by atoms with Gasteiger partial charge in [-0.15, -0.1) is 11.8 Å². The number of thioether (sulfide) groups is 1. The third-order valence-corrected chi connectivity index (χ3v) is 4.43. The molecule has 0 radical (unpaired) electrons. The van der Waals surface area contributed by atoms with Crippen LogP contribution in [0.25, 0.3) is 0 Å². The Morgan fingerprint density at radius 3 is 2.41 bits per heavy atom. The molecule has 17 heavy (non-hydrogen) atoms. The first kappa shape index (κ1) is 14.3. The number of rotatable bonds is 5. The Bertz CT molecular complexity index is 377. The molecule has 0 aliphatic rings. The maximum atomic E-state index is 5.94. The van der Waals surface area contributed by atoms with Crippen LogP contribution in [0.15, 0.2) is 5.03 Å². The Morgan fingerprint density at radius 1 is 1.24 bits per heavy atom. The molecule has 4 heteroatoms. The molecule has 0 bridgehead atoms. The van der Waals surface area contributed by atoms with E-state index in [2.05, 4.69) is 37.7 Å². The van der Waals surface area contributed by atoms with Crippen LogP contribution in [0.4, 0.5) is 5.82 Å². The predicted octanol–water partition coefficient (Wildman–Crippen LogP) is 3.46. The Balaban J connectivity index is 2.97. The van der Waals surface area contributed by atoms with Crippen molar-refractivity contribution in [3.05, 3.63) is 11.4 Å². The van der Waals surface area contributed by atoms with Crippen LogP contribution >= 0.6 is 11.8 Å². The van der Waals surface area contributed by atoms with Crippen LogP contribution in [-0.2, 0) is 6.42 Å². The van der Waals surface area contributed by atoms with E-state index in [1.807, 2.05) is 6.92 Å². The van der Waals surface area contributed by atoms with E-state index in [0.29, 0.717) is 17.0 Å². The number of nitrogen functional groups attached to an aromatic ring is 1. The molecular formula is C13H23N3S. The molecule has 0 saturated heterocycles. The summed E-state index contributed by atoms with van der Waals surface area (Å²) in [7, 11) is 0. The second-order valence-corrected chi connectivity index (χ2v) is 6.14. The van der Waals surface area contributed by atoms with Crippen LogP contribution in [0.1, 0.15) is 45.5 Å². The smallest absolute Gasteiger partial charge is 0.132 e. The molecule has 96 valence electrons. The predicted molar refractivity (Wildman–Crippen MR) is 75.3 cm³/mol. The van der Waals surface area contributed by atoms with E-state index in [1.54, 1.807) is 11.8 Å². The Morgan fingerprint density at radius 2 is 1.88 bits per heavy atom. The summed E-state index contributed by atoms with van der Waals surface area (Å²) in [5.41, 5.74) is 6.96. The van der Waals surface area contributed by atoms with Crippen molar-refractivity contribution in [3.8, 4) is 0 Å². The molecule has 2 N–H and O–H groups in total. The van der Waals surface area contributed by atoms with E-state index in [1.165, 1.54) is 0 Å². The molecule has 0 aromatic carbocycles. The highest BCUT2D eigenvalue weighted by Crippen LogP contribution is 2.30. The van der Waals surface area contributed by atoms with Crippen LogP contribution in [-0.4, -0.2) is 15.2 Å². The van der Waals surface area contributed by atoms with Crippen LogP contribution in [0.3, 0.4) is 0 Å². The molecule has 0 aliphatic carbocycles. The summed E-state index contributed by atoms with van der Waals surface area (Å²) in [5.74, 6) is 2.13. The molecule has 0 spiro atoms. The van der Waals surface area contributed by atoms with E-state index in [9.17, 15) is 0 Å². The largest absolute Gasteiger partial charge is 0.383 e. The van der Waals surface area contributed by atoms with Gasteiger partial charge >= 0.3 is 0 Å². The lowest BCUT2D eigenvalue weighted by molar-refractivity contribution is 0.640. The molecule has 0 fully saturated rings. The quantitative estimate of drug-likeness (QED) is 0.645. The summed E-state index contributed by atoms with van der Waals surface area (Å²) in [6.45, 7) is 10.8. The molecule has 1 unspecified atom stereocenters. The molecule has 1 heterocycles. The minimum absolute atomic E-state index is 0.539. The lowest BCUT2D eigenvalue weighted by Crippen LogP contribution is -2.09. The maximum absolute atomic E-state index is 5.94. The van der Waals surface area contributed by atoms with Gasteiger partial charge in [-0.05, 0) is 19.3 Å². The fourth-order valence-corrected chi connectivity index (χ4v) is 2.38. The van der Waals surface area contributed by atoms with E-state index < -0.39 is 0 Å². The normalized spacial score (nSPS) is 13.1. The third-order valence-electron chi connectivity index (χ3n) is 2.90.